The molecule has 3 aliphatic rings. The van der Waals surface area contributed by atoms with Crippen molar-refractivity contribution < 1.29 is 9.84 Å². The van der Waals surface area contributed by atoms with E-state index >= 15 is 0 Å². The second-order valence-electron chi connectivity index (χ2n) is 9.87. The molecule has 2 nitrogen and oxygen atoms in total. The molecular formula is C20H36O2. The summed E-state index contributed by atoms with van der Waals surface area (Å²) in [5, 5.41) is 9.39. The smallest absolute Gasteiger partial charge is 0.0695 e. The zero-order valence-corrected chi connectivity index (χ0v) is 15.4. The SMILES string of the molecule is CC1(CCO)CCC2C(C)(CCC3C(C)(C)CCCC32C)O1. The van der Waals surface area contributed by atoms with Gasteiger partial charge in [-0.05, 0) is 81.5 Å². The Kier molecular flexibility index (Phi) is 3.97. The Bertz CT molecular complexity index is 431. The topological polar surface area (TPSA) is 29.5 Å². The lowest BCUT2D eigenvalue weighted by atomic mass is 9.44. The summed E-state index contributed by atoms with van der Waals surface area (Å²) < 4.78 is 6.73. The second-order valence-corrected chi connectivity index (χ2v) is 9.87. The molecule has 128 valence electrons. The van der Waals surface area contributed by atoms with Crippen molar-refractivity contribution in [2.24, 2.45) is 22.7 Å². The van der Waals surface area contributed by atoms with E-state index in [4.69, 9.17) is 4.74 Å². The Hall–Kier alpha value is -0.0800. The van der Waals surface area contributed by atoms with E-state index in [1.54, 1.807) is 0 Å². The van der Waals surface area contributed by atoms with Gasteiger partial charge in [0.1, 0.15) is 0 Å². The molecule has 2 heteroatoms. The van der Waals surface area contributed by atoms with Crippen molar-refractivity contribution in [2.45, 2.75) is 97.2 Å². The van der Waals surface area contributed by atoms with Gasteiger partial charge in [0.2, 0.25) is 0 Å². The number of ether oxygens (including phenoxy) is 1. The molecule has 1 heterocycles. The van der Waals surface area contributed by atoms with Crippen LogP contribution in [0.3, 0.4) is 0 Å². The molecule has 1 saturated heterocycles. The van der Waals surface area contributed by atoms with Crippen LogP contribution in [0.15, 0.2) is 0 Å². The van der Waals surface area contributed by atoms with Gasteiger partial charge >= 0.3 is 0 Å². The summed E-state index contributed by atoms with van der Waals surface area (Å²) >= 11 is 0. The minimum Gasteiger partial charge on any atom is -0.396 e. The van der Waals surface area contributed by atoms with Gasteiger partial charge in [-0.2, -0.15) is 0 Å². The molecule has 2 saturated carbocycles. The highest BCUT2D eigenvalue weighted by Crippen LogP contribution is 2.65. The van der Waals surface area contributed by atoms with Crippen molar-refractivity contribution in [1.82, 2.24) is 0 Å². The maximum atomic E-state index is 9.39. The molecule has 0 amide bonds. The van der Waals surface area contributed by atoms with Gasteiger partial charge in [-0.1, -0.05) is 27.2 Å². The van der Waals surface area contributed by atoms with Crippen molar-refractivity contribution in [3.63, 3.8) is 0 Å². The summed E-state index contributed by atoms with van der Waals surface area (Å²) in [5.41, 5.74) is 0.823. The van der Waals surface area contributed by atoms with E-state index in [-0.39, 0.29) is 17.8 Å². The fourth-order valence-corrected chi connectivity index (χ4v) is 6.84. The quantitative estimate of drug-likeness (QED) is 0.783. The number of aliphatic hydroxyl groups excluding tert-OH is 1. The third-order valence-electron chi connectivity index (χ3n) is 7.82. The maximum absolute atomic E-state index is 9.39. The standard InChI is InChI=1S/C20H36O2/c1-17(2)9-6-10-19(4)15(17)8-12-20(5)16(19)7-11-18(3,22-20)13-14-21/h15-16,21H,6-14H2,1-5H3. The molecule has 0 radical (unpaired) electrons. The summed E-state index contributed by atoms with van der Waals surface area (Å²) in [6, 6.07) is 0. The lowest BCUT2D eigenvalue weighted by molar-refractivity contribution is -0.267. The number of aliphatic hydroxyl groups is 1. The summed E-state index contributed by atoms with van der Waals surface area (Å²) in [7, 11) is 0. The lowest BCUT2D eigenvalue weighted by Gasteiger charge is -2.65. The van der Waals surface area contributed by atoms with Gasteiger partial charge < -0.3 is 9.84 Å². The molecule has 2 aliphatic carbocycles. The minimum absolute atomic E-state index is 0.0147. The van der Waals surface area contributed by atoms with Gasteiger partial charge in [0.25, 0.3) is 0 Å². The van der Waals surface area contributed by atoms with Crippen LogP contribution in [0, 0.1) is 22.7 Å². The highest BCUT2D eigenvalue weighted by atomic mass is 16.5. The second kappa shape index (κ2) is 5.21. The van der Waals surface area contributed by atoms with Gasteiger partial charge in [-0.3, -0.25) is 0 Å². The Labute approximate surface area is 137 Å². The van der Waals surface area contributed by atoms with E-state index in [9.17, 15) is 5.11 Å². The van der Waals surface area contributed by atoms with E-state index in [0.717, 1.165) is 18.8 Å². The zero-order valence-electron chi connectivity index (χ0n) is 15.4. The number of hydrogen-bond acceptors (Lipinski definition) is 2. The highest BCUT2D eigenvalue weighted by molar-refractivity contribution is 5.10. The van der Waals surface area contributed by atoms with Gasteiger partial charge in [0.05, 0.1) is 11.2 Å². The van der Waals surface area contributed by atoms with Crippen LogP contribution in [-0.2, 0) is 4.74 Å². The first-order valence-corrected chi connectivity index (χ1v) is 9.46. The van der Waals surface area contributed by atoms with E-state index < -0.39 is 0 Å². The molecule has 0 bridgehead atoms. The molecule has 22 heavy (non-hydrogen) atoms. The van der Waals surface area contributed by atoms with Crippen LogP contribution in [-0.4, -0.2) is 22.9 Å². The van der Waals surface area contributed by atoms with Crippen LogP contribution in [0.4, 0.5) is 0 Å². The number of rotatable bonds is 2. The monoisotopic (exact) mass is 308 g/mol. The summed E-state index contributed by atoms with van der Waals surface area (Å²) in [4.78, 5) is 0. The van der Waals surface area contributed by atoms with E-state index in [1.165, 1.54) is 38.5 Å². The molecule has 5 atom stereocenters. The average Bonchev–Trinajstić information content (AvgIpc) is 2.36. The van der Waals surface area contributed by atoms with Gasteiger partial charge in [-0.15, -0.1) is 0 Å². The molecule has 1 N–H and O–H groups in total. The molecule has 1 aliphatic heterocycles. The minimum atomic E-state index is -0.118. The van der Waals surface area contributed by atoms with Crippen LogP contribution < -0.4 is 0 Å². The molecule has 0 aromatic heterocycles. The third kappa shape index (κ3) is 2.45. The van der Waals surface area contributed by atoms with E-state index in [1.807, 2.05) is 0 Å². The van der Waals surface area contributed by atoms with Gasteiger partial charge in [0.15, 0.2) is 0 Å². The summed E-state index contributed by atoms with van der Waals surface area (Å²) in [6.07, 6.45) is 9.81. The first-order valence-electron chi connectivity index (χ1n) is 9.46. The molecule has 0 spiro atoms. The zero-order chi connectivity index (χ0) is 16.2. The Morgan fingerprint density at radius 3 is 2.27 bits per heavy atom. The van der Waals surface area contributed by atoms with Crippen LogP contribution in [0.1, 0.15) is 86.0 Å². The van der Waals surface area contributed by atoms with Crippen LogP contribution in [0.2, 0.25) is 0 Å². The van der Waals surface area contributed by atoms with Crippen LogP contribution >= 0.6 is 0 Å². The van der Waals surface area contributed by atoms with Crippen molar-refractivity contribution >= 4 is 0 Å². The van der Waals surface area contributed by atoms with Crippen LogP contribution in [0.25, 0.3) is 0 Å². The van der Waals surface area contributed by atoms with E-state index in [2.05, 4.69) is 34.6 Å². The molecule has 3 fully saturated rings. The summed E-state index contributed by atoms with van der Waals surface area (Å²) in [5.74, 6) is 1.53. The maximum Gasteiger partial charge on any atom is 0.0695 e. The van der Waals surface area contributed by atoms with Crippen molar-refractivity contribution in [3.05, 3.63) is 0 Å². The van der Waals surface area contributed by atoms with Crippen molar-refractivity contribution in [3.8, 4) is 0 Å². The normalized spacial score (nSPS) is 51.0. The predicted octanol–water partition coefficient (Wildman–Crippen LogP) is 4.94. The summed E-state index contributed by atoms with van der Waals surface area (Å²) in [6.45, 7) is 12.4. The molecule has 0 aromatic rings. The Morgan fingerprint density at radius 1 is 0.909 bits per heavy atom. The Balaban J connectivity index is 1.89. The number of hydrogen-bond donors (Lipinski definition) is 1. The fourth-order valence-electron chi connectivity index (χ4n) is 6.84. The third-order valence-corrected chi connectivity index (χ3v) is 7.82. The van der Waals surface area contributed by atoms with Gasteiger partial charge in [-0.25, -0.2) is 0 Å². The Morgan fingerprint density at radius 2 is 1.59 bits per heavy atom. The van der Waals surface area contributed by atoms with Crippen LogP contribution in [0.5, 0.6) is 0 Å². The molecule has 5 unspecified atom stereocenters. The van der Waals surface area contributed by atoms with E-state index in [0.29, 0.717) is 16.7 Å². The molecule has 3 rings (SSSR count). The molecule has 0 aromatic carbocycles. The van der Waals surface area contributed by atoms with Gasteiger partial charge in [0, 0.05) is 6.61 Å². The highest BCUT2D eigenvalue weighted by Gasteiger charge is 2.61. The molecular weight excluding hydrogens is 272 g/mol. The average molecular weight is 309 g/mol. The lowest BCUT2D eigenvalue weighted by Crippen LogP contribution is -2.62. The first kappa shape index (κ1) is 16.8. The fraction of sp³-hybridized carbons (Fsp3) is 1.00. The largest absolute Gasteiger partial charge is 0.396 e. The van der Waals surface area contributed by atoms with Crippen molar-refractivity contribution in [1.29, 1.82) is 0 Å². The predicted molar refractivity (Wildman–Crippen MR) is 90.8 cm³/mol. The van der Waals surface area contributed by atoms with Crippen molar-refractivity contribution in [2.75, 3.05) is 6.61 Å². The first-order chi connectivity index (χ1) is 10.2. The number of fused-ring (bicyclic) bond motifs is 3.